The molecule has 15 heteroatoms. The van der Waals surface area contributed by atoms with E-state index in [9.17, 15) is 51.1 Å². The van der Waals surface area contributed by atoms with Gasteiger partial charge in [0.2, 0.25) is 0 Å². The van der Waals surface area contributed by atoms with Crippen molar-refractivity contribution in [1.29, 1.82) is 0 Å². The summed E-state index contributed by atoms with van der Waals surface area (Å²) in [4.78, 5) is 0. The Morgan fingerprint density at radius 1 is 0.545 bits per heavy atom. The van der Waals surface area contributed by atoms with E-state index in [1.807, 2.05) is 0 Å². The molecule has 0 aromatic rings. The minimum Gasteiger partial charge on any atom is -0.394 e. The van der Waals surface area contributed by atoms with E-state index in [1.54, 1.807) is 0 Å². The number of hydrogen-bond acceptors (Lipinski definition) is 15. The van der Waals surface area contributed by atoms with E-state index in [4.69, 9.17) is 23.7 Å². The molecule has 10 N–H and O–H groups in total. The summed E-state index contributed by atoms with van der Waals surface area (Å²) in [5, 5.41) is 99.9. The lowest BCUT2D eigenvalue weighted by Crippen LogP contribution is -2.66. The van der Waals surface area contributed by atoms with Crippen LogP contribution in [0.25, 0.3) is 0 Å². The van der Waals surface area contributed by atoms with E-state index in [-0.39, 0.29) is 0 Å². The predicted molar refractivity (Wildman–Crippen MR) is 99.8 cm³/mol. The summed E-state index contributed by atoms with van der Waals surface area (Å²) in [5.74, 6) is 0. The van der Waals surface area contributed by atoms with E-state index < -0.39 is 105 Å². The minimum absolute atomic E-state index is 0.731. The zero-order valence-corrected chi connectivity index (χ0v) is 17.6. The molecule has 3 aliphatic heterocycles. The van der Waals surface area contributed by atoms with Gasteiger partial charge in [-0.05, 0) is 6.92 Å². The highest BCUT2D eigenvalue weighted by Gasteiger charge is 2.53. The van der Waals surface area contributed by atoms with Gasteiger partial charge in [-0.15, -0.1) is 0 Å². The molecule has 3 heterocycles. The van der Waals surface area contributed by atoms with Crippen LogP contribution in [0.3, 0.4) is 0 Å². The third-order valence-corrected chi connectivity index (χ3v) is 6.06. The SMILES string of the molecule is C[C@@H]1OC(O)[C@H](O[C@@H]2O[C@H](CO)[C@@H](O)[C@H](O)[C@H]2O)[C@H](O[C@@H]2O[C@H](CO)[C@H](O)[C@H](O)[C@H]2O)[C@H]1O. The molecule has 0 bridgehead atoms. The summed E-state index contributed by atoms with van der Waals surface area (Å²) in [7, 11) is 0. The molecular weight excluding hydrogens is 456 g/mol. The smallest absolute Gasteiger partial charge is 0.187 e. The van der Waals surface area contributed by atoms with Crippen LogP contribution < -0.4 is 0 Å². The van der Waals surface area contributed by atoms with Crippen molar-refractivity contribution in [3.63, 3.8) is 0 Å². The molecular formula is C18H32O15. The Balaban J connectivity index is 1.80. The zero-order valence-electron chi connectivity index (χ0n) is 17.6. The van der Waals surface area contributed by atoms with E-state index >= 15 is 0 Å². The van der Waals surface area contributed by atoms with Gasteiger partial charge in [-0.2, -0.15) is 0 Å². The molecule has 15 atom stereocenters. The van der Waals surface area contributed by atoms with Crippen LogP contribution in [0.15, 0.2) is 0 Å². The molecule has 3 aliphatic rings. The maximum absolute atomic E-state index is 10.6. The van der Waals surface area contributed by atoms with Gasteiger partial charge in [0.15, 0.2) is 18.9 Å². The first-order valence-corrected chi connectivity index (χ1v) is 10.4. The molecule has 3 rings (SSSR count). The number of aliphatic hydroxyl groups excluding tert-OH is 10. The summed E-state index contributed by atoms with van der Waals surface area (Å²) < 4.78 is 26.8. The topological polar surface area (TPSA) is 248 Å². The monoisotopic (exact) mass is 488 g/mol. The first-order chi connectivity index (χ1) is 15.5. The molecule has 0 spiro atoms. The maximum atomic E-state index is 10.6. The number of ether oxygens (including phenoxy) is 5. The average molecular weight is 488 g/mol. The Kier molecular flexibility index (Phi) is 8.99. The van der Waals surface area contributed by atoms with Crippen molar-refractivity contribution in [3.8, 4) is 0 Å². The Hall–Kier alpha value is -0.600. The Labute approximate surface area is 187 Å². The van der Waals surface area contributed by atoms with Crippen molar-refractivity contribution in [2.75, 3.05) is 13.2 Å². The third kappa shape index (κ3) is 5.32. The highest BCUT2D eigenvalue weighted by molar-refractivity contribution is 4.95. The Bertz CT molecular complexity index is 622. The molecule has 194 valence electrons. The van der Waals surface area contributed by atoms with Gasteiger partial charge in [0.05, 0.1) is 19.3 Å². The average Bonchev–Trinajstić information content (AvgIpc) is 2.79. The molecule has 3 fully saturated rings. The minimum atomic E-state index is -1.83. The van der Waals surface area contributed by atoms with Crippen LogP contribution in [0, 0.1) is 0 Å². The number of aliphatic hydroxyl groups is 10. The first-order valence-electron chi connectivity index (χ1n) is 10.4. The van der Waals surface area contributed by atoms with Gasteiger partial charge in [0.25, 0.3) is 0 Å². The summed E-state index contributed by atoms with van der Waals surface area (Å²) >= 11 is 0. The lowest BCUT2D eigenvalue weighted by Gasteiger charge is -2.48. The quantitative estimate of drug-likeness (QED) is 0.167. The lowest BCUT2D eigenvalue weighted by atomic mass is 9.96. The van der Waals surface area contributed by atoms with Gasteiger partial charge in [-0.25, -0.2) is 0 Å². The van der Waals surface area contributed by atoms with Crippen molar-refractivity contribution in [3.05, 3.63) is 0 Å². The van der Waals surface area contributed by atoms with Crippen molar-refractivity contribution in [2.24, 2.45) is 0 Å². The first kappa shape index (κ1) is 27.0. The summed E-state index contributed by atoms with van der Waals surface area (Å²) in [5.41, 5.74) is 0. The van der Waals surface area contributed by atoms with E-state index in [0.717, 1.165) is 0 Å². The van der Waals surface area contributed by atoms with Crippen LogP contribution >= 0.6 is 0 Å². The highest BCUT2D eigenvalue weighted by atomic mass is 16.8. The van der Waals surface area contributed by atoms with Crippen molar-refractivity contribution in [1.82, 2.24) is 0 Å². The Morgan fingerprint density at radius 2 is 0.970 bits per heavy atom. The fourth-order valence-electron chi connectivity index (χ4n) is 3.97. The second kappa shape index (κ2) is 11.0. The molecule has 0 aliphatic carbocycles. The molecule has 3 saturated heterocycles. The standard InChI is InChI=1S/C18H32O15/c1-4-7(21)14(32-17-12(26)10(24)8(22)5(2-19)30-17)15(16(28)29-4)33-18-13(27)11(25)9(23)6(3-20)31-18/h4-28H,2-3H2,1H3/t4-,5+,6+,7-,8-,9+,10-,11-,12+,13+,14+,15+,16?,17-,18-/m0/s1. The van der Waals surface area contributed by atoms with Gasteiger partial charge in [0, 0.05) is 0 Å². The van der Waals surface area contributed by atoms with Crippen molar-refractivity contribution >= 4 is 0 Å². The van der Waals surface area contributed by atoms with Gasteiger partial charge in [-0.1, -0.05) is 0 Å². The van der Waals surface area contributed by atoms with E-state index in [0.29, 0.717) is 0 Å². The maximum Gasteiger partial charge on any atom is 0.187 e. The molecule has 0 saturated carbocycles. The molecule has 15 nitrogen and oxygen atoms in total. The fraction of sp³-hybridized carbons (Fsp3) is 1.00. The zero-order chi connectivity index (χ0) is 24.6. The molecule has 0 aromatic heterocycles. The molecule has 0 amide bonds. The van der Waals surface area contributed by atoms with Crippen LogP contribution in [0.5, 0.6) is 0 Å². The highest BCUT2D eigenvalue weighted by Crippen LogP contribution is 2.32. The van der Waals surface area contributed by atoms with Crippen LogP contribution in [0.1, 0.15) is 6.92 Å². The van der Waals surface area contributed by atoms with Crippen molar-refractivity contribution in [2.45, 2.75) is 99.0 Å². The van der Waals surface area contributed by atoms with Gasteiger partial charge < -0.3 is 74.7 Å². The van der Waals surface area contributed by atoms with Crippen LogP contribution in [-0.4, -0.2) is 156 Å². The molecule has 0 aromatic carbocycles. The summed E-state index contributed by atoms with van der Waals surface area (Å²) in [6.07, 6.45) is -24.1. The third-order valence-electron chi connectivity index (χ3n) is 6.06. The Morgan fingerprint density at radius 3 is 1.39 bits per heavy atom. The summed E-state index contributed by atoms with van der Waals surface area (Å²) in [6, 6.07) is 0. The largest absolute Gasteiger partial charge is 0.394 e. The lowest BCUT2D eigenvalue weighted by molar-refractivity contribution is -0.385. The van der Waals surface area contributed by atoms with Gasteiger partial charge in [0.1, 0.15) is 67.1 Å². The van der Waals surface area contributed by atoms with Gasteiger partial charge in [-0.3, -0.25) is 0 Å². The summed E-state index contributed by atoms with van der Waals surface area (Å²) in [6.45, 7) is -0.0778. The normalized spacial score (nSPS) is 53.7. The molecule has 0 radical (unpaired) electrons. The van der Waals surface area contributed by atoms with E-state index in [2.05, 4.69) is 0 Å². The van der Waals surface area contributed by atoms with Gasteiger partial charge >= 0.3 is 0 Å². The predicted octanol–water partition coefficient (Wildman–Crippen LogP) is -6.55. The molecule has 33 heavy (non-hydrogen) atoms. The van der Waals surface area contributed by atoms with Crippen LogP contribution in [-0.2, 0) is 23.7 Å². The van der Waals surface area contributed by atoms with E-state index in [1.165, 1.54) is 6.92 Å². The molecule has 1 unspecified atom stereocenters. The van der Waals surface area contributed by atoms with Crippen molar-refractivity contribution < 1.29 is 74.7 Å². The number of rotatable bonds is 6. The second-order valence-electron chi connectivity index (χ2n) is 8.32. The van der Waals surface area contributed by atoms with Crippen LogP contribution in [0.4, 0.5) is 0 Å². The fourth-order valence-corrected chi connectivity index (χ4v) is 3.97. The second-order valence-corrected chi connectivity index (χ2v) is 8.32. The number of hydrogen-bond donors (Lipinski definition) is 10. The van der Waals surface area contributed by atoms with Crippen LogP contribution in [0.2, 0.25) is 0 Å².